The van der Waals surface area contributed by atoms with Crippen LogP contribution in [0.3, 0.4) is 0 Å². The topological polar surface area (TPSA) is 25.8 Å². The van der Waals surface area contributed by atoms with E-state index < -0.39 is 0 Å². The van der Waals surface area contributed by atoms with Crippen molar-refractivity contribution in [2.24, 2.45) is 0 Å². The highest BCUT2D eigenvalue weighted by molar-refractivity contribution is 5.75. The molecule has 0 saturated heterocycles. The van der Waals surface area contributed by atoms with Gasteiger partial charge in [0.15, 0.2) is 5.82 Å². The van der Waals surface area contributed by atoms with Crippen molar-refractivity contribution in [1.82, 2.24) is 9.97 Å². The lowest BCUT2D eigenvalue weighted by Gasteiger charge is -2.06. The Labute approximate surface area is 81.8 Å². The first-order valence-corrected chi connectivity index (χ1v) is 4.58. The van der Waals surface area contributed by atoms with Crippen LogP contribution in [0.5, 0.6) is 0 Å². The van der Waals surface area contributed by atoms with Gasteiger partial charge < -0.3 is 0 Å². The third kappa shape index (κ3) is 1.45. The Morgan fingerprint density at radius 3 is 2.57 bits per heavy atom. The molecule has 0 unspecified atom stereocenters. The molecule has 2 rings (SSSR count). The second-order valence-electron chi connectivity index (χ2n) is 3.58. The molecule has 2 aromatic rings. The van der Waals surface area contributed by atoms with Crippen molar-refractivity contribution in [1.29, 1.82) is 0 Å². The lowest BCUT2D eigenvalue weighted by molar-refractivity contribution is 0.632. The Kier molecular flexibility index (Phi) is 2.15. The van der Waals surface area contributed by atoms with Crippen molar-refractivity contribution in [3.63, 3.8) is 0 Å². The predicted molar refractivity (Wildman–Crippen MR) is 53.6 cm³/mol. The SMILES string of the molecule is CC(C)c1cc(F)c2nccnc2c1. The normalized spacial score (nSPS) is 11.1. The molecule has 0 atom stereocenters. The monoisotopic (exact) mass is 190 g/mol. The third-order valence-electron chi connectivity index (χ3n) is 2.22. The Morgan fingerprint density at radius 1 is 1.14 bits per heavy atom. The van der Waals surface area contributed by atoms with E-state index in [-0.39, 0.29) is 5.82 Å². The van der Waals surface area contributed by atoms with Gasteiger partial charge in [0.1, 0.15) is 5.52 Å². The van der Waals surface area contributed by atoms with Gasteiger partial charge in [0.25, 0.3) is 0 Å². The molecule has 0 saturated carbocycles. The second kappa shape index (κ2) is 3.33. The molecule has 0 radical (unpaired) electrons. The van der Waals surface area contributed by atoms with E-state index in [2.05, 4.69) is 9.97 Å². The molecule has 0 N–H and O–H groups in total. The van der Waals surface area contributed by atoms with Gasteiger partial charge >= 0.3 is 0 Å². The molecule has 2 nitrogen and oxygen atoms in total. The van der Waals surface area contributed by atoms with Gasteiger partial charge in [-0.3, -0.25) is 4.98 Å². The average molecular weight is 190 g/mol. The first-order chi connectivity index (χ1) is 6.68. The van der Waals surface area contributed by atoms with Crippen molar-refractivity contribution >= 4 is 11.0 Å². The number of halogens is 1. The van der Waals surface area contributed by atoms with Gasteiger partial charge in [0, 0.05) is 12.4 Å². The molecular formula is C11H11FN2. The van der Waals surface area contributed by atoms with E-state index in [1.807, 2.05) is 19.9 Å². The predicted octanol–water partition coefficient (Wildman–Crippen LogP) is 2.89. The van der Waals surface area contributed by atoms with Crippen LogP contribution in [0.25, 0.3) is 11.0 Å². The number of hydrogen-bond donors (Lipinski definition) is 0. The van der Waals surface area contributed by atoms with Gasteiger partial charge in [0.05, 0.1) is 5.52 Å². The first-order valence-electron chi connectivity index (χ1n) is 4.58. The molecule has 0 aliphatic carbocycles. The second-order valence-corrected chi connectivity index (χ2v) is 3.58. The van der Waals surface area contributed by atoms with E-state index in [1.165, 1.54) is 12.3 Å². The fourth-order valence-corrected chi connectivity index (χ4v) is 1.39. The zero-order chi connectivity index (χ0) is 10.1. The van der Waals surface area contributed by atoms with Gasteiger partial charge in [0.2, 0.25) is 0 Å². The maximum Gasteiger partial charge on any atom is 0.151 e. The number of aromatic nitrogens is 2. The first kappa shape index (κ1) is 9.06. The highest BCUT2D eigenvalue weighted by Crippen LogP contribution is 2.21. The highest BCUT2D eigenvalue weighted by atomic mass is 19.1. The van der Waals surface area contributed by atoms with E-state index in [9.17, 15) is 4.39 Å². The minimum absolute atomic E-state index is 0.292. The van der Waals surface area contributed by atoms with Crippen LogP contribution < -0.4 is 0 Å². The summed E-state index contributed by atoms with van der Waals surface area (Å²) in [6.07, 6.45) is 3.08. The minimum atomic E-state index is -0.292. The fourth-order valence-electron chi connectivity index (χ4n) is 1.39. The molecule has 72 valence electrons. The molecule has 0 bridgehead atoms. The van der Waals surface area contributed by atoms with Gasteiger partial charge in [-0.15, -0.1) is 0 Å². The molecular weight excluding hydrogens is 179 g/mol. The molecule has 0 fully saturated rings. The summed E-state index contributed by atoms with van der Waals surface area (Å²) in [5.74, 6) is 0.00945. The Bertz CT molecular complexity index is 466. The van der Waals surface area contributed by atoms with Crippen LogP contribution in [-0.4, -0.2) is 9.97 Å². The summed E-state index contributed by atoms with van der Waals surface area (Å²) in [6.45, 7) is 4.05. The highest BCUT2D eigenvalue weighted by Gasteiger charge is 2.07. The van der Waals surface area contributed by atoms with Gasteiger partial charge in [-0.05, 0) is 23.6 Å². The molecule has 1 aromatic heterocycles. The van der Waals surface area contributed by atoms with Crippen LogP contribution in [-0.2, 0) is 0 Å². The van der Waals surface area contributed by atoms with Crippen LogP contribution >= 0.6 is 0 Å². The number of rotatable bonds is 1. The van der Waals surface area contributed by atoms with Crippen molar-refractivity contribution in [3.8, 4) is 0 Å². The van der Waals surface area contributed by atoms with Gasteiger partial charge in [-0.25, -0.2) is 9.37 Å². The summed E-state index contributed by atoms with van der Waals surface area (Å²) in [7, 11) is 0. The standard InChI is InChI=1S/C11H11FN2/c1-7(2)8-5-9(12)11-10(6-8)13-3-4-14-11/h3-7H,1-2H3. The molecule has 1 aromatic carbocycles. The quantitative estimate of drug-likeness (QED) is 0.691. The average Bonchev–Trinajstić information content (AvgIpc) is 2.17. The molecule has 0 aliphatic heterocycles. The van der Waals surface area contributed by atoms with Gasteiger partial charge in [-0.2, -0.15) is 0 Å². The maximum absolute atomic E-state index is 13.5. The van der Waals surface area contributed by atoms with E-state index in [0.717, 1.165) is 5.56 Å². The number of hydrogen-bond acceptors (Lipinski definition) is 2. The summed E-state index contributed by atoms with van der Waals surface area (Å²) < 4.78 is 13.5. The summed E-state index contributed by atoms with van der Waals surface area (Å²) in [5, 5.41) is 0. The lowest BCUT2D eigenvalue weighted by Crippen LogP contribution is -1.93. The molecule has 14 heavy (non-hydrogen) atoms. The maximum atomic E-state index is 13.5. The van der Waals surface area contributed by atoms with Crippen LogP contribution in [0.4, 0.5) is 4.39 Å². The van der Waals surface area contributed by atoms with Crippen molar-refractivity contribution in [2.45, 2.75) is 19.8 Å². The Hall–Kier alpha value is -1.51. The van der Waals surface area contributed by atoms with E-state index >= 15 is 0 Å². The zero-order valence-corrected chi connectivity index (χ0v) is 8.16. The molecule has 0 aliphatic rings. The third-order valence-corrected chi connectivity index (χ3v) is 2.22. The van der Waals surface area contributed by atoms with Crippen molar-refractivity contribution in [2.75, 3.05) is 0 Å². The lowest BCUT2D eigenvalue weighted by atomic mass is 10.0. The van der Waals surface area contributed by atoms with E-state index in [4.69, 9.17) is 0 Å². The van der Waals surface area contributed by atoms with E-state index in [1.54, 1.807) is 6.20 Å². The number of nitrogens with zero attached hydrogens (tertiary/aromatic N) is 2. The zero-order valence-electron chi connectivity index (χ0n) is 8.16. The fraction of sp³-hybridized carbons (Fsp3) is 0.273. The van der Waals surface area contributed by atoms with Gasteiger partial charge in [-0.1, -0.05) is 13.8 Å². The largest absolute Gasteiger partial charge is 0.253 e. The Morgan fingerprint density at radius 2 is 1.86 bits per heavy atom. The molecule has 1 heterocycles. The summed E-state index contributed by atoms with van der Waals surface area (Å²) in [5.41, 5.74) is 1.92. The van der Waals surface area contributed by atoms with Crippen LogP contribution in [0.1, 0.15) is 25.3 Å². The van der Waals surface area contributed by atoms with Crippen molar-refractivity contribution < 1.29 is 4.39 Å². The summed E-state index contributed by atoms with van der Waals surface area (Å²) in [4.78, 5) is 8.03. The Balaban J connectivity index is 2.72. The van der Waals surface area contributed by atoms with Crippen LogP contribution in [0.15, 0.2) is 24.5 Å². The smallest absolute Gasteiger partial charge is 0.151 e. The summed E-state index contributed by atoms with van der Waals surface area (Å²) in [6, 6.07) is 3.41. The minimum Gasteiger partial charge on any atom is -0.253 e. The van der Waals surface area contributed by atoms with Crippen LogP contribution in [0, 0.1) is 5.82 Å². The van der Waals surface area contributed by atoms with Crippen molar-refractivity contribution in [3.05, 3.63) is 35.9 Å². The van der Waals surface area contributed by atoms with Crippen LogP contribution in [0.2, 0.25) is 0 Å². The number of fused-ring (bicyclic) bond motifs is 1. The molecule has 0 amide bonds. The summed E-state index contributed by atoms with van der Waals surface area (Å²) >= 11 is 0. The molecule has 3 heteroatoms. The van der Waals surface area contributed by atoms with E-state index in [0.29, 0.717) is 17.0 Å². The number of benzene rings is 1. The molecule has 0 spiro atoms.